The van der Waals surface area contributed by atoms with E-state index in [9.17, 15) is 9.90 Å². The van der Waals surface area contributed by atoms with Gasteiger partial charge in [0, 0.05) is 26.2 Å². The highest BCUT2D eigenvalue weighted by molar-refractivity contribution is 5.84. The van der Waals surface area contributed by atoms with E-state index in [4.69, 9.17) is 5.73 Å². The molecule has 2 rings (SSSR count). The van der Waals surface area contributed by atoms with Crippen LogP contribution in [0.3, 0.4) is 0 Å². The molecule has 1 aromatic rings. The fourth-order valence-corrected chi connectivity index (χ4v) is 2.65. The Balaban J connectivity index is 2.04. The summed E-state index contributed by atoms with van der Waals surface area (Å²) >= 11 is 0. The monoisotopic (exact) mass is 277 g/mol. The molecular formula is C15H23N3O2. The first-order valence-electron chi connectivity index (χ1n) is 7.06. The minimum atomic E-state index is -0.611. The SMILES string of the molecule is CC(CCc1ccc(O)cc1)(C(N)=O)N1CCNCC1. The maximum Gasteiger partial charge on any atom is 0.237 e. The summed E-state index contributed by atoms with van der Waals surface area (Å²) < 4.78 is 0. The third-order valence-electron chi connectivity index (χ3n) is 4.18. The molecule has 1 atom stereocenters. The number of hydrogen-bond acceptors (Lipinski definition) is 4. The summed E-state index contributed by atoms with van der Waals surface area (Å²) in [5, 5.41) is 12.6. The number of nitrogens with one attached hydrogen (secondary N) is 1. The van der Waals surface area contributed by atoms with Gasteiger partial charge in [0.05, 0.1) is 5.54 Å². The van der Waals surface area contributed by atoms with Crippen molar-refractivity contribution < 1.29 is 9.90 Å². The fraction of sp³-hybridized carbons (Fsp3) is 0.533. The zero-order chi connectivity index (χ0) is 14.6. The number of carbonyl (C=O) groups excluding carboxylic acids is 1. The zero-order valence-corrected chi connectivity index (χ0v) is 11.9. The van der Waals surface area contributed by atoms with E-state index < -0.39 is 5.54 Å². The van der Waals surface area contributed by atoms with Gasteiger partial charge in [0.2, 0.25) is 5.91 Å². The highest BCUT2D eigenvalue weighted by atomic mass is 16.3. The number of carbonyl (C=O) groups is 1. The van der Waals surface area contributed by atoms with Gasteiger partial charge in [-0.15, -0.1) is 0 Å². The van der Waals surface area contributed by atoms with Gasteiger partial charge < -0.3 is 16.2 Å². The van der Waals surface area contributed by atoms with Crippen LogP contribution in [0.15, 0.2) is 24.3 Å². The smallest absolute Gasteiger partial charge is 0.237 e. The van der Waals surface area contributed by atoms with Gasteiger partial charge in [0.15, 0.2) is 0 Å². The summed E-state index contributed by atoms with van der Waals surface area (Å²) in [4.78, 5) is 14.1. The Morgan fingerprint density at radius 2 is 1.95 bits per heavy atom. The third kappa shape index (κ3) is 3.29. The molecule has 5 nitrogen and oxygen atoms in total. The summed E-state index contributed by atoms with van der Waals surface area (Å²) in [7, 11) is 0. The number of phenolic OH excluding ortho intramolecular Hbond substituents is 1. The minimum Gasteiger partial charge on any atom is -0.508 e. The molecule has 1 aliphatic heterocycles. The average Bonchev–Trinajstić information content (AvgIpc) is 2.47. The topological polar surface area (TPSA) is 78.6 Å². The van der Waals surface area contributed by atoms with Crippen molar-refractivity contribution in [3.05, 3.63) is 29.8 Å². The van der Waals surface area contributed by atoms with Crippen LogP contribution in [-0.4, -0.2) is 47.6 Å². The van der Waals surface area contributed by atoms with Crippen LogP contribution in [-0.2, 0) is 11.2 Å². The van der Waals surface area contributed by atoms with Crippen molar-refractivity contribution in [2.45, 2.75) is 25.3 Å². The van der Waals surface area contributed by atoms with Crippen molar-refractivity contribution in [2.75, 3.05) is 26.2 Å². The van der Waals surface area contributed by atoms with Crippen molar-refractivity contribution in [3.8, 4) is 5.75 Å². The molecule has 110 valence electrons. The molecule has 0 radical (unpaired) electrons. The summed E-state index contributed by atoms with van der Waals surface area (Å²) in [5.41, 5.74) is 6.14. The summed E-state index contributed by atoms with van der Waals surface area (Å²) in [6, 6.07) is 7.10. The van der Waals surface area contributed by atoms with Crippen molar-refractivity contribution in [3.63, 3.8) is 0 Å². The molecule has 1 unspecified atom stereocenters. The number of aryl methyl sites for hydroxylation is 1. The van der Waals surface area contributed by atoms with E-state index in [0.717, 1.165) is 38.2 Å². The standard InChI is InChI=1S/C15H23N3O2/c1-15(14(16)20,18-10-8-17-9-11-18)7-6-12-2-4-13(19)5-3-12/h2-5,17,19H,6-11H2,1H3,(H2,16,20). The first-order valence-corrected chi connectivity index (χ1v) is 7.06. The Kier molecular flexibility index (Phi) is 4.62. The number of piperazine rings is 1. The average molecular weight is 277 g/mol. The van der Waals surface area contributed by atoms with Crippen molar-refractivity contribution in [1.29, 1.82) is 0 Å². The maximum absolute atomic E-state index is 11.9. The van der Waals surface area contributed by atoms with Crippen LogP contribution in [0.1, 0.15) is 18.9 Å². The molecule has 0 aromatic heterocycles. The van der Waals surface area contributed by atoms with Crippen LogP contribution < -0.4 is 11.1 Å². The second kappa shape index (κ2) is 6.24. The van der Waals surface area contributed by atoms with Crippen LogP contribution in [0.4, 0.5) is 0 Å². The second-order valence-electron chi connectivity index (χ2n) is 5.54. The number of rotatable bonds is 5. The Labute approximate surface area is 119 Å². The lowest BCUT2D eigenvalue weighted by Crippen LogP contribution is -2.60. The lowest BCUT2D eigenvalue weighted by molar-refractivity contribution is -0.130. The van der Waals surface area contributed by atoms with E-state index >= 15 is 0 Å². The Bertz CT molecular complexity index is 455. The fourth-order valence-electron chi connectivity index (χ4n) is 2.65. The molecule has 1 amide bonds. The van der Waals surface area contributed by atoms with Crippen molar-refractivity contribution >= 4 is 5.91 Å². The molecule has 20 heavy (non-hydrogen) atoms. The van der Waals surface area contributed by atoms with E-state index in [-0.39, 0.29) is 11.7 Å². The van der Waals surface area contributed by atoms with Gasteiger partial charge in [-0.25, -0.2) is 0 Å². The van der Waals surface area contributed by atoms with Gasteiger partial charge in [0.1, 0.15) is 5.75 Å². The van der Waals surface area contributed by atoms with E-state index in [1.54, 1.807) is 12.1 Å². The number of hydrogen-bond donors (Lipinski definition) is 3. The largest absolute Gasteiger partial charge is 0.508 e. The van der Waals surface area contributed by atoms with Crippen LogP contribution in [0.25, 0.3) is 0 Å². The lowest BCUT2D eigenvalue weighted by atomic mass is 9.90. The van der Waals surface area contributed by atoms with Gasteiger partial charge in [-0.3, -0.25) is 9.69 Å². The molecule has 5 heteroatoms. The summed E-state index contributed by atoms with van der Waals surface area (Å²) in [6.45, 7) is 5.40. The van der Waals surface area contributed by atoms with Gasteiger partial charge >= 0.3 is 0 Å². The first-order chi connectivity index (χ1) is 9.52. The highest BCUT2D eigenvalue weighted by Gasteiger charge is 2.37. The van der Waals surface area contributed by atoms with Crippen LogP contribution in [0.2, 0.25) is 0 Å². The number of phenols is 1. The quantitative estimate of drug-likeness (QED) is 0.731. The van der Waals surface area contributed by atoms with E-state index in [0.29, 0.717) is 6.42 Å². The molecule has 0 saturated carbocycles. The number of nitrogens with zero attached hydrogens (tertiary/aromatic N) is 1. The lowest BCUT2D eigenvalue weighted by Gasteiger charge is -2.41. The summed E-state index contributed by atoms with van der Waals surface area (Å²) in [5.74, 6) is -0.00769. The van der Waals surface area contributed by atoms with Crippen LogP contribution in [0.5, 0.6) is 5.75 Å². The minimum absolute atomic E-state index is 0.258. The summed E-state index contributed by atoms with van der Waals surface area (Å²) in [6.07, 6.45) is 1.46. The zero-order valence-electron chi connectivity index (χ0n) is 11.9. The molecule has 1 saturated heterocycles. The Morgan fingerprint density at radius 1 is 1.35 bits per heavy atom. The molecule has 0 bridgehead atoms. The number of primary amides is 1. The second-order valence-corrected chi connectivity index (χ2v) is 5.54. The number of benzene rings is 1. The van der Waals surface area contributed by atoms with Crippen molar-refractivity contribution in [1.82, 2.24) is 10.2 Å². The van der Waals surface area contributed by atoms with Crippen LogP contribution >= 0.6 is 0 Å². The number of aromatic hydroxyl groups is 1. The van der Waals surface area contributed by atoms with Gasteiger partial charge in [-0.1, -0.05) is 12.1 Å². The molecule has 0 aliphatic carbocycles. The molecular weight excluding hydrogens is 254 g/mol. The van der Waals surface area contributed by atoms with E-state index in [1.807, 2.05) is 19.1 Å². The molecule has 4 N–H and O–H groups in total. The Morgan fingerprint density at radius 3 is 2.50 bits per heavy atom. The van der Waals surface area contributed by atoms with Crippen molar-refractivity contribution in [2.24, 2.45) is 5.73 Å². The maximum atomic E-state index is 11.9. The predicted octanol–water partition coefficient (Wildman–Crippen LogP) is 0.474. The normalized spacial score (nSPS) is 19.4. The molecule has 1 heterocycles. The van der Waals surface area contributed by atoms with Gasteiger partial charge in [-0.05, 0) is 37.5 Å². The molecule has 1 aliphatic rings. The third-order valence-corrected chi connectivity index (χ3v) is 4.18. The van der Waals surface area contributed by atoms with Gasteiger partial charge in [0.25, 0.3) is 0 Å². The highest BCUT2D eigenvalue weighted by Crippen LogP contribution is 2.23. The molecule has 1 aromatic carbocycles. The molecule has 1 fully saturated rings. The van der Waals surface area contributed by atoms with Crippen LogP contribution in [0, 0.1) is 0 Å². The number of amides is 1. The first kappa shape index (κ1) is 14.8. The molecule has 0 spiro atoms. The Hall–Kier alpha value is -1.59. The predicted molar refractivity (Wildman–Crippen MR) is 78.5 cm³/mol. The number of nitrogens with two attached hydrogens (primary N) is 1. The van der Waals surface area contributed by atoms with E-state index in [2.05, 4.69) is 10.2 Å². The van der Waals surface area contributed by atoms with Gasteiger partial charge in [-0.2, -0.15) is 0 Å². The van der Waals surface area contributed by atoms with E-state index in [1.165, 1.54) is 0 Å².